The van der Waals surface area contributed by atoms with Crippen LogP contribution in [0.15, 0.2) is 15.6 Å². The minimum Gasteiger partial charge on any atom is -0.444 e. The highest BCUT2D eigenvalue weighted by molar-refractivity contribution is 14.0. The van der Waals surface area contributed by atoms with Gasteiger partial charge in [0.15, 0.2) is 5.96 Å². The van der Waals surface area contributed by atoms with E-state index in [1.807, 2.05) is 27.7 Å². The number of carbonyl (C=O) groups excluding carboxylic acids is 1. The minimum absolute atomic E-state index is 0. The topological polar surface area (TPSA) is 92.0 Å². The minimum atomic E-state index is -0.504. The molecule has 0 bridgehead atoms. The first-order valence-corrected chi connectivity index (χ1v) is 9.84. The van der Waals surface area contributed by atoms with Crippen LogP contribution < -0.4 is 10.6 Å². The fourth-order valence-electron chi connectivity index (χ4n) is 2.32. The van der Waals surface area contributed by atoms with E-state index >= 15 is 0 Å². The highest BCUT2D eigenvalue weighted by Crippen LogP contribution is 2.22. The smallest absolute Gasteiger partial charge is 0.410 e. The molecule has 168 valence electrons. The number of hydrogen-bond acceptors (Lipinski definition) is 5. The summed E-state index contributed by atoms with van der Waals surface area (Å²) in [5.41, 5.74) is -0.578. The van der Waals surface area contributed by atoms with Gasteiger partial charge in [-0.05, 0) is 27.2 Å². The van der Waals surface area contributed by atoms with E-state index < -0.39 is 5.60 Å². The van der Waals surface area contributed by atoms with Gasteiger partial charge in [-0.25, -0.2) is 9.78 Å². The molecule has 0 aromatic carbocycles. The van der Waals surface area contributed by atoms with Gasteiger partial charge in [0.25, 0.3) is 0 Å². The molecule has 8 nitrogen and oxygen atoms in total. The zero-order valence-electron chi connectivity index (χ0n) is 19.1. The molecule has 29 heavy (non-hydrogen) atoms. The maximum absolute atomic E-state index is 12.3. The van der Waals surface area contributed by atoms with Crippen molar-refractivity contribution in [1.82, 2.24) is 20.5 Å². The number of halogens is 1. The lowest BCUT2D eigenvalue weighted by molar-refractivity contribution is 0.0253. The summed E-state index contributed by atoms with van der Waals surface area (Å²) in [5, 5.41) is 6.37. The number of rotatable bonds is 7. The van der Waals surface area contributed by atoms with E-state index in [1.54, 1.807) is 18.1 Å². The second-order valence-corrected chi connectivity index (χ2v) is 8.69. The van der Waals surface area contributed by atoms with Crippen molar-refractivity contribution in [3.63, 3.8) is 0 Å². The molecule has 0 unspecified atom stereocenters. The summed E-state index contributed by atoms with van der Waals surface area (Å²) >= 11 is 0. The first-order chi connectivity index (χ1) is 13.0. The van der Waals surface area contributed by atoms with E-state index in [1.165, 1.54) is 0 Å². The summed E-state index contributed by atoms with van der Waals surface area (Å²) in [6.45, 7) is 16.0. The highest BCUT2D eigenvalue weighted by Gasteiger charge is 2.21. The van der Waals surface area contributed by atoms with Crippen molar-refractivity contribution in [3.05, 3.63) is 17.8 Å². The molecule has 1 aromatic heterocycles. The van der Waals surface area contributed by atoms with E-state index in [2.05, 4.69) is 41.4 Å². The van der Waals surface area contributed by atoms with Gasteiger partial charge in [-0.3, -0.25) is 4.99 Å². The Morgan fingerprint density at radius 3 is 2.34 bits per heavy atom. The second-order valence-electron chi connectivity index (χ2n) is 8.69. The number of carbonyl (C=O) groups is 1. The largest absolute Gasteiger partial charge is 0.444 e. The quantitative estimate of drug-likeness (QED) is 0.320. The maximum Gasteiger partial charge on any atom is 0.410 e. The van der Waals surface area contributed by atoms with Gasteiger partial charge in [0.2, 0.25) is 5.89 Å². The molecule has 0 saturated carbocycles. The molecule has 2 N–H and O–H groups in total. The van der Waals surface area contributed by atoms with Crippen molar-refractivity contribution in [3.8, 4) is 0 Å². The Balaban J connectivity index is 0.00000784. The number of ether oxygens (including phenoxy) is 1. The van der Waals surface area contributed by atoms with Gasteiger partial charge in [0.05, 0.1) is 12.7 Å². The third-order valence-corrected chi connectivity index (χ3v) is 3.74. The summed E-state index contributed by atoms with van der Waals surface area (Å²) < 4.78 is 11.2. The van der Waals surface area contributed by atoms with Crippen LogP contribution in [0, 0.1) is 0 Å². The van der Waals surface area contributed by atoms with Gasteiger partial charge in [-0.1, -0.05) is 27.7 Å². The van der Waals surface area contributed by atoms with Gasteiger partial charge in [-0.2, -0.15) is 0 Å². The SMILES string of the molecule is CCCN(CCNC(=NC)NCc1ncc(C(C)(C)C)o1)C(=O)OC(C)(C)C.I. The molecule has 0 spiro atoms. The average Bonchev–Trinajstić information content (AvgIpc) is 3.04. The molecule has 1 heterocycles. The lowest BCUT2D eigenvalue weighted by Crippen LogP contribution is -2.44. The van der Waals surface area contributed by atoms with Crippen LogP contribution in [0.3, 0.4) is 0 Å². The molecule has 1 rings (SSSR count). The van der Waals surface area contributed by atoms with Crippen molar-refractivity contribution in [2.24, 2.45) is 4.99 Å². The second kappa shape index (κ2) is 12.2. The Kier molecular flexibility index (Phi) is 11.6. The van der Waals surface area contributed by atoms with Crippen LogP contribution in [0.4, 0.5) is 4.79 Å². The van der Waals surface area contributed by atoms with Gasteiger partial charge in [-0.15, -0.1) is 24.0 Å². The summed E-state index contributed by atoms with van der Waals surface area (Å²) in [6.07, 6.45) is 2.33. The number of aromatic nitrogens is 1. The lowest BCUT2D eigenvalue weighted by Gasteiger charge is -2.27. The average molecular weight is 523 g/mol. The zero-order chi connectivity index (χ0) is 21.4. The zero-order valence-corrected chi connectivity index (χ0v) is 21.4. The number of oxazole rings is 1. The Hall–Kier alpha value is -1.52. The molecular formula is C20H38IN5O3. The first kappa shape index (κ1) is 27.5. The number of amides is 1. The third kappa shape index (κ3) is 10.7. The molecule has 0 fully saturated rings. The normalized spacial score (nSPS) is 12.2. The number of nitrogens with one attached hydrogen (secondary N) is 2. The first-order valence-electron chi connectivity index (χ1n) is 9.84. The van der Waals surface area contributed by atoms with Crippen molar-refractivity contribution in [2.45, 2.75) is 72.4 Å². The van der Waals surface area contributed by atoms with Crippen LogP contribution in [0.1, 0.15) is 66.5 Å². The van der Waals surface area contributed by atoms with Crippen LogP contribution in [0.2, 0.25) is 0 Å². The predicted molar refractivity (Wildman–Crippen MR) is 127 cm³/mol. The maximum atomic E-state index is 12.3. The number of aliphatic imine (C=N–C) groups is 1. The van der Waals surface area contributed by atoms with E-state index in [4.69, 9.17) is 9.15 Å². The van der Waals surface area contributed by atoms with E-state index in [0.717, 1.165) is 12.2 Å². The summed E-state index contributed by atoms with van der Waals surface area (Å²) in [7, 11) is 1.70. The molecule has 0 aliphatic carbocycles. The van der Waals surface area contributed by atoms with Gasteiger partial charge < -0.3 is 24.7 Å². The molecule has 0 aliphatic rings. The fraction of sp³-hybridized carbons (Fsp3) is 0.750. The lowest BCUT2D eigenvalue weighted by atomic mass is 9.94. The number of hydrogen-bond donors (Lipinski definition) is 2. The monoisotopic (exact) mass is 523 g/mol. The van der Waals surface area contributed by atoms with E-state index in [-0.39, 0.29) is 35.5 Å². The summed E-state index contributed by atoms with van der Waals surface area (Å²) in [6, 6.07) is 0. The number of nitrogens with zero attached hydrogens (tertiary/aromatic N) is 3. The van der Waals surface area contributed by atoms with Gasteiger partial charge in [0, 0.05) is 32.1 Å². The van der Waals surface area contributed by atoms with E-state index in [9.17, 15) is 4.79 Å². The summed E-state index contributed by atoms with van der Waals surface area (Å²) in [4.78, 5) is 22.5. The molecule has 0 atom stereocenters. The third-order valence-electron chi connectivity index (χ3n) is 3.74. The molecule has 9 heteroatoms. The van der Waals surface area contributed by atoms with Crippen LogP contribution in [-0.4, -0.2) is 54.2 Å². The Bertz CT molecular complexity index is 647. The fourth-order valence-corrected chi connectivity index (χ4v) is 2.32. The standard InChI is InChI=1S/C20H37N5O3.HI/c1-9-11-25(18(26)28-20(5,6)7)12-10-22-17(21-8)24-14-16-23-13-15(27-16)19(2,3)4;/h13H,9-12,14H2,1-8H3,(H2,21,22,24);1H. The van der Waals surface area contributed by atoms with Crippen LogP contribution in [-0.2, 0) is 16.7 Å². The number of guanidine groups is 1. The van der Waals surface area contributed by atoms with Crippen LogP contribution >= 0.6 is 24.0 Å². The van der Waals surface area contributed by atoms with E-state index in [0.29, 0.717) is 38.0 Å². The van der Waals surface area contributed by atoms with Crippen LogP contribution in [0.25, 0.3) is 0 Å². The van der Waals surface area contributed by atoms with Crippen molar-refractivity contribution in [2.75, 3.05) is 26.7 Å². The predicted octanol–water partition coefficient (Wildman–Crippen LogP) is 3.90. The molecule has 0 aliphatic heterocycles. The van der Waals surface area contributed by atoms with Crippen molar-refractivity contribution in [1.29, 1.82) is 0 Å². The molecule has 1 amide bonds. The molecule has 0 saturated heterocycles. The molecular weight excluding hydrogens is 485 g/mol. The Morgan fingerprint density at radius 1 is 1.21 bits per heavy atom. The van der Waals surface area contributed by atoms with Gasteiger partial charge in [0.1, 0.15) is 11.4 Å². The van der Waals surface area contributed by atoms with Crippen molar-refractivity contribution >= 4 is 36.0 Å². The van der Waals surface area contributed by atoms with Gasteiger partial charge >= 0.3 is 6.09 Å². The van der Waals surface area contributed by atoms with Crippen molar-refractivity contribution < 1.29 is 13.9 Å². The molecule has 0 radical (unpaired) electrons. The Labute approximate surface area is 192 Å². The summed E-state index contributed by atoms with van der Waals surface area (Å²) in [5.74, 6) is 2.07. The Morgan fingerprint density at radius 2 is 1.86 bits per heavy atom. The highest BCUT2D eigenvalue weighted by atomic mass is 127. The molecule has 1 aromatic rings. The van der Waals surface area contributed by atoms with Crippen LogP contribution in [0.5, 0.6) is 0 Å².